The van der Waals surface area contributed by atoms with Crippen LogP contribution in [-0.4, -0.2) is 4.98 Å². The molecule has 0 aromatic carbocycles. The molecule has 0 fully saturated rings. The van der Waals surface area contributed by atoms with Crippen LogP contribution in [0.5, 0.6) is 0 Å². The van der Waals surface area contributed by atoms with Crippen LogP contribution in [0.15, 0.2) is 12.4 Å². The van der Waals surface area contributed by atoms with Crippen molar-refractivity contribution in [3.63, 3.8) is 0 Å². The molecule has 0 unspecified atom stereocenters. The van der Waals surface area contributed by atoms with E-state index < -0.39 is 0 Å². The number of hydrogen-bond acceptors (Lipinski definition) is 1. The maximum atomic E-state index is 4.16. The van der Waals surface area contributed by atoms with E-state index in [1.807, 2.05) is 26.2 Å². The number of aryl methyl sites for hydroxylation is 2. The van der Waals surface area contributed by atoms with Gasteiger partial charge in [-0.3, -0.25) is 4.98 Å². The summed E-state index contributed by atoms with van der Waals surface area (Å²) >= 11 is 0. The summed E-state index contributed by atoms with van der Waals surface area (Å²) in [4.78, 5) is 4.16. The third-order valence-corrected chi connectivity index (χ3v) is 2.10. The lowest BCUT2D eigenvalue weighted by molar-refractivity contribution is 0.990. The molecule has 0 aliphatic heterocycles. The SMILES string of the molecule is CC.CCc1cncc(C)c1CC. The van der Waals surface area contributed by atoms with E-state index in [0.29, 0.717) is 0 Å². The number of aromatic nitrogens is 1. The smallest absolute Gasteiger partial charge is 0.0302 e. The van der Waals surface area contributed by atoms with Crippen molar-refractivity contribution in [3.8, 4) is 0 Å². The van der Waals surface area contributed by atoms with Crippen molar-refractivity contribution in [2.75, 3.05) is 0 Å². The zero-order valence-electron chi connectivity index (χ0n) is 9.52. The second-order valence-electron chi connectivity index (χ2n) is 2.80. The Morgan fingerprint density at radius 2 is 1.69 bits per heavy atom. The first-order valence-corrected chi connectivity index (χ1v) is 5.22. The molecular weight excluding hydrogens is 158 g/mol. The van der Waals surface area contributed by atoms with Gasteiger partial charge in [0, 0.05) is 12.4 Å². The van der Waals surface area contributed by atoms with Crippen LogP contribution in [0.4, 0.5) is 0 Å². The van der Waals surface area contributed by atoms with E-state index in [9.17, 15) is 0 Å². The molecule has 0 spiro atoms. The van der Waals surface area contributed by atoms with Crippen LogP contribution in [0.1, 0.15) is 44.4 Å². The van der Waals surface area contributed by atoms with Crippen LogP contribution < -0.4 is 0 Å². The molecule has 1 rings (SSSR count). The Morgan fingerprint density at radius 3 is 2.08 bits per heavy atom. The maximum absolute atomic E-state index is 4.16. The van der Waals surface area contributed by atoms with Gasteiger partial charge in [0.2, 0.25) is 0 Å². The van der Waals surface area contributed by atoms with Crippen molar-refractivity contribution in [3.05, 3.63) is 29.1 Å². The predicted octanol–water partition coefficient (Wildman–Crippen LogP) is 3.54. The topological polar surface area (TPSA) is 12.9 Å². The molecule has 13 heavy (non-hydrogen) atoms. The fourth-order valence-electron chi connectivity index (χ4n) is 1.46. The van der Waals surface area contributed by atoms with Crippen molar-refractivity contribution >= 4 is 0 Å². The summed E-state index contributed by atoms with van der Waals surface area (Å²) < 4.78 is 0. The first-order valence-electron chi connectivity index (χ1n) is 5.22. The highest BCUT2D eigenvalue weighted by molar-refractivity contribution is 5.30. The highest BCUT2D eigenvalue weighted by atomic mass is 14.6. The number of nitrogens with zero attached hydrogens (tertiary/aromatic N) is 1. The molecule has 0 radical (unpaired) electrons. The van der Waals surface area contributed by atoms with Gasteiger partial charge in [-0.1, -0.05) is 27.7 Å². The molecule has 1 aromatic rings. The van der Waals surface area contributed by atoms with E-state index in [4.69, 9.17) is 0 Å². The molecule has 0 aliphatic rings. The average molecular weight is 179 g/mol. The molecule has 74 valence electrons. The Morgan fingerprint density at radius 1 is 1.08 bits per heavy atom. The van der Waals surface area contributed by atoms with Gasteiger partial charge in [0.1, 0.15) is 0 Å². The lowest BCUT2D eigenvalue weighted by Crippen LogP contribution is -1.95. The van der Waals surface area contributed by atoms with Gasteiger partial charge >= 0.3 is 0 Å². The average Bonchev–Trinajstić information content (AvgIpc) is 2.20. The Balaban J connectivity index is 0.000000671. The second-order valence-corrected chi connectivity index (χ2v) is 2.80. The van der Waals surface area contributed by atoms with Crippen molar-refractivity contribution in [1.82, 2.24) is 4.98 Å². The Hall–Kier alpha value is -0.850. The van der Waals surface area contributed by atoms with Gasteiger partial charge in [0.15, 0.2) is 0 Å². The zero-order valence-corrected chi connectivity index (χ0v) is 9.52. The molecule has 1 heteroatoms. The summed E-state index contributed by atoms with van der Waals surface area (Å²) in [7, 11) is 0. The molecule has 0 saturated heterocycles. The van der Waals surface area contributed by atoms with Gasteiger partial charge in [-0.05, 0) is 36.5 Å². The third-order valence-electron chi connectivity index (χ3n) is 2.10. The van der Waals surface area contributed by atoms with E-state index in [-0.39, 0.29) is 0 Å². The van der Waals surface area contributed by atoms with Crippen molar-refractivity contribution in [1.29, 1.82) is 0 Å². The van der Waals surface area contributed by atoms with Gasteiger partial charge in [0.05, 0.1) is 0 Å². The summed E-state index contributed by atoms with van der Waals surface area (Å²) in [6.45, 7) is 10.5. The van der Waals surface area contributed by atoms with Crippen LogP contribution in [0.3, 0.4) is 0 Å². The molecule has 0 bridgehead atoms. The zero-order chi connectivity index (χ0) is 10.3. The second kappa shape index (κ2) is 6.64. The van der Waals surface area contributed by atoms with Gasteiger partial charge in [-0.2, -0.15) is 0 Å². The highest BCUT2D eigenvalue weighted by Crippen LogP contribution is 2.13. The van der Waals surface area contributed by atoms with Gasteiger partial charge in [-0.15, -0.1) is 0 Å². The quantitative estimate of drug-likeness (QED) is 0.676. The molecule has 1 nitrogen and oxygen atoms in total. The van der Waals surface area contributed by atoms with E-state index in [0.717, 1.165) is 12.8 Å². The minimum absolute atomic E-state index is 1.10. The molecule has 1 heterocycles. The molecule has 0 atom stereocenters. The van der Waals surface area contributed by atoms with Crippen molar-refractivity contribution in [2.24, 2.45) is 0 Å². The molecular formula is C12H21N. The molecule has 0 N–H and O–H groups in total. The Labute approximate surface area is 82.2 Å². The van der Waals surface area contributed by atoms with Crippen molar-refractivity contribution in [2.45, 2.75) is 47.5 Å². The lowest BCUT2D eigenvalue weighted by Gasteiger charge is -2.06. The molecule has 0 aliphatic carbocycles. The lowest BCUT2D eigenvalue weighted by atomic mass is 10.0. The minimum atomic E-state index is 1.10. The van der Waals surface area contributed by atoms with Crippen molar-refractivity contribution < 1.29 is 0 Å². The maximum Gasteiger partial charge on any atom is 0.0302 e. The van der Waals surface area contributed by atoms with Gasteiger partial charge in [-0.25, -0.2) is 0 Å². The van der Waals surface area contributed by atoms with Crippen LogP contribution in [0, 0.1) is 6.92 Å². The number of pyridine rings is 1. The van der Waals surface area contributed by atoms with Crippen LogP contribution in [-0.2, 0) is 12.8 Å². The summed E-state index contributed by atoms with van der Waals surface area (Å²) in [5, 5.41) is 0. The number of hydrogen-bond donors (Lipinski definition) is 0. The van der Waals surface area contributed by atoms with Gasteiger partial charge < -0.3 is 0 Å². The standard InChI is InChI=1S/C10H15N.C2H6/c1-4-9-7-11-6-8(3)10(9)5-2;1-2/h6-7H,4-5H2,1-3H3;1-2H3. The van der Waals surface area contributed by atoms with E-state index in [1.54, 1.807) is 0 Å². The third kappa shape index (κ3) is 3.17. The van der Waals surface area contributed by atoms with E-state index in [2.05, 4.69) is 25.8 Å². The fraction of sp³-hybridized carbons (Fsp3) is 0.583. The van der Waals surface area contributed by atoms with E-state index in [1.165, 1.54) is 16.7 Å². The van der Waals surface area contributed by atoms with Gasteiger partial charge in [0.25, 0.3) is 0 Å². The summed E-state index contributed by atoms with van der Waals surface area (Å²) in [5.74, 6) is 0. The van der Waals surface area contributed by atoms with Crippen LogP contribution in [0.25, 0.3) is 0 Å². The number of rotatable bonds is 2. The Kier molecular flexibility index (Phi) is 6.21. The largest absolute Gasteiger partial charge is 0.264 e. The molecule has 1 aromatic heterocycles. The monoisotopic (exact) mass is 179 g/mol. The van der Waals surface area contributed by atoms with E-state index >= 15 is 0 Å². The first-order chi connectivity index (χ1) is 6.29. The summed E-state index contributed by atoms with van der Waals surface area (Å²) in [6, 6.07) is 0. The predicted molar refractivity (Wildman–Crippen MR) is 59.1 cm³/mol. The van der Waals surface area contributed by atoms with Crippen LogP contribution in [0.2, 0.25) is 0 Å². The normalized spacial score (nSPS) is 9.00. The first kappa shape index (κ1) is 12.2. The summed E-state index contributed by atoms with van der Waals surface area (Å²) in [6.07, 6.45) is 6.14. The minimum Gasteiger partial charge on any atom is -0.264 e. The summed E-state index contributed by atoms with van der Waals surface area (Å²) in [5.41, 5.74) is 4.20. The fourth-order valence-corrected chi connectivity index (χ4v) is 1.46. The van der Waals surface area contributed by atoms with Crippen LogP contribution >= 0.6 is 0 Å². The highest BCUT2D eigenvalue weighted by Gasteiger charge is 2.00. The Bertz CT molecular complexity index is 241. The molecule has 0 saturated carbocycles. The molecule has 0 amide bonds.